The Morgan fingerprint density at radius 2 is 2.04 bits per heavy atom. The zero-order valence-corrected chi connectivity index (χ0v) is 13.8. The summed E-state index contributed by atoms with van der Waals surface area (Å²) >= 11 is 0. The first-order valence-corrected chi connectivity index (χ1v) is 8.01. The second-order valence-corrected chi connectivity index (χ2v) is 5.31. The summed E-state index contributed by atoms with van der Waals surface area (Å²) in [4.78, 5) is 0. The van der Waals surface area contributed by atoms with Crippen molar-refractivity contribution < 1.29 is 5.11 Å². The summed E-state index contributed by atoms with van der Waals surface area (Å²) < 4.78 is 0. The number of nitrogens with two attached hydrogens (primary N) is 1. The summed E-state index contributed by atoms with van der Waals surface area (Å²) in [7, 11) is 0. The van der Waals surface area contributed by atoms with Crippen LogP contribution in [0.15, 0.2) is 47.7 Å². The van der Waals surface area contributed by atoms with Crippen molar-refractivity contribution in [2.75, 3.05) is 19.6 Å². The molecule has 120 valence electrons. The summed E-state index contributed by atoms with van der Waals surface area (Å²) in [6.07, 6.45) is 5.18. The molecule has 3 nitrogen and oxygen atoms in total. The van der Waals surface area contributed by atoms with Gasteiger partial charge in [0.2, 0.25) is 0 Å². The molecule has 1 aliphatic carbocycles. The van der Waals surface area contributed by atoms with Gasteiger partial charge in [-0.15, -0.1) is 5.92 Å². The van der Waals surface area contributed by atoms with E-state index in [9.17, 15) is 5.11 Å². The van der Waals surface area contributed by atoms with Crippen LogP contribution in [-0.2, 0) is 0 Å². The lowest BCUT2D eigenvalue weighted by Crippen LogP contribution is -2.24. The van der Waals surface area contributed by atoms with Gasteiger partial charge in [0, 0.05) is 24.2 Å². The third-order valence-electron chi connectivity index (χ3n) is 3.68. The van der Waals surface area contributed by atoms with E-state index in [0.717, 1.165) is 34.3 Å². The molecule has 1 aromatic rings. The molecule has 4 N–H and O–H groups in total. The number of aliphatic hydroxyl groups is 1. The van der Waals surface area contributed by atoms with Crippen LogP contribution in [0.1, 0.15) is 31.4 Å². The Hall–Kier alpha value is -2.28. The van der Waals surface area contributed by atoms with Gasteiger partial charge < -0.3 is 16.2 Å². The average Bonchev–Trinajstić information content (AvgIpc) is 2.87. The number of allylic oxidation sites excluding steroid dienone is 5. The molecule has 0 atom stereocenters. The minimum absolute atomic E-state index is 0.309. The lowest BCUT2D eigenvalue weighted by Gasteiger charge is -2.08. The largest absolute Gasteiger partial charge is 0.510 e. The molecule has 0 amide bonds. The SMILES string of the molecule is CC#CC1=C(/C=C\CC)c2ccccc2/C1=C(/O)CNCCN. The molecule has 0 heterocycles. The molecule has 1 aromatic carbocycles. The molecule has 2 rings (SSSR count). The number of aliphatic hydroxyl groups excluding tert-OH is 1. The number of hydrogen-bond donors (Lipinski definition) is 3. The highest BCUT2D eigenvalue weighted by atomic mass is 16.3. The van der Waals surface area contributed by atoms with E-state index in [-0.39, 0.29) is 0 Å². The Morgan fingerprint density at radius 1 is 1.30 bits per heavy atom. The molecular weight excluding hydrogens is 284 g/mol. The lowest BCUT2D eigenvalue weighted by atomic mass is 10.0. The van der Waals surface area contributed by atoms with Gasteiger partial charge in [-0.3, -0.25) is 0 Å². The molecule has 0 saturated carbocycles. The topological polar surface area (TPSA) is 58.3 Å². The Morgan fingerprint density at radius 3 is 2.70 bits per heavy atom. The van der Waals surface area contributed by atoms with Gasteiger partial charge in [-0.1, -0.05) is 49.3 Å². The van der Waals surface area contributed by atoms with Crippen molar-refractivity contribution >= 4 is 11.1 Å². The fraction of sp³-hybridized carbons (Fsp3) is 0.300. The Kier molecular flexibility index (Phi) is 6.22. The summed E-state index contributed by atoms with van der Waals surface area (Å²) in [5.41, 5.74) is 10.5. The van der Waals surface area contributed by atoms with Crippen molar-refractivity contribution in [3.05, 3.63) is 58.9 Å². The van der Waals surface area contributed by atoms with Crippen LogP contribution < -0.4 is 11.1 Å². The first kappa shape index (κ1) is 17.1. The molecule has 1 aliphatic rings. The predicted octanol–water partition coefficient (Wildman–Crippen LogP) is 3.26. The third-order valence-corrected chi connectivity index (χ3v) is 3.68. The van der Waals surface area contributed by atoms with Crippen molar-refractivity contribution in [3.8, 4) is 11.8 Å². The van der Waals surface area contributed by atoms with Crippen LogP contribution >= 0.6 is 0 Å². The van der Waals surface area contributed by atoms with Gasteiger partial charge in [-0.25, -0.2) is 0 Å². The van der Waals surface area contributed by atoms with Gasteiger partial charge in [-0.05, 0) is 30.0 Å². The monoisotopic (exact) mass is 308 g/mol. The fourth-order valence-electron chi connectivity index (χ4n) is 2.70. The quantitative estimate of drug-likeness (QED) is 0.429. The van der Waals surface area contributed by atoms with E-state index in [1.165, 1.54) is 0 Å². The maximum atomic E-state index is 10.6. The highest BCUT2D eigenvalue weighted by molar-refractivity contribution is 6.06. The average molecular weight is 308 g/mol. The Labute approximate surface area is 138 Å². The van der Waals surface area contributed by atoms with Crippen molar-refractivity contribution in [3.63, 3.8) is 0 Å². The normalized spacial score (nSPS) is 15.6. The van der Waals surface area contributed by atoms with Gasteiger partial charge in [0.15, 0.2) is 0 Å². The molecule has 0 bridgehead atoms. The highest BCUT2D eigenvalue weighted by Gasteiger charge is 2.26. The number of hydrogen-bond acceptors (Lipinski definition) is 3. The standard InChI is InChI=1S/C20H24N2O/c1-3-5-9-15-16-10-6-7-11-18(16)20(17(15)8-4-2)19(23)14-22-13-12-21/h5-7,9-11,22-23H,3,12-14,21H2,1-2H3/b9-5-,20-19+. The first-order valence-electron chi connectivity index (χ1n) is 8.01. The van der Waals surface area contributed by atoms with Gasteiger partial charge in [-0.2, -0.15) is 0 Å². The highest BCUT2D eigenvalue weighted by Crippen LogP contribution is 2.42. The first-order chi connectivity index (χ1) is 11.2. The van der Waals surface area contributed by atoms with Crippen molar-refractivity contribution in [2.45, 2.75) is 20.3 Å². The van der Waals surface area contributed by atoms with Gasteiger partial charge in [0.25, 0.3) is 0 Å². The number of benzene rings is 1. The summed E-state index contributed by atoms with van der Waals surface area (Å²) in [6, 6.07) is 8.12. The van der Waals surface area contributed by atoms with Crippen LogP contribution in [0, 0.1) is 11.8 Å². The van der Waals surface area contributed by atoms with Gasteiger partial charge in [0.1, 0.15) is 5.76 Å². The molecule has 0 aliphatic heterocycles. The molecule has 23 heavy (non-hydrogen) atoms. The van der Waals surface area contributed by atoms with Crippen LogP contribution in [0.3, 0.4) is 0 Å². The fourth-order valence-corrected chi connectivity index (χ4v) is 2.70. The predicted molar refractivity (Wildman–Crippen MR) is 97.7 cm³/mol. The van der Waals surface area contributed by atoms with E-state index in [1.54, 1.807) is 0 Å². The minimum atomic E-state index is 0.309. The summed E-state index contributed by atoms with van der Waals surface area (Å²) in [5.74, 6) is 6.46. The maximum absolute atomic E-state index is 10.6. The van der Waals surface area contributed by atoms with Crippen molar-refractivity contribution in [1.82, 2.24) is 5.32 Å². The number of fused-ring (bicyclic) bond motifs is 1. The number of nitrogens with one attached hydrogen (secondary N) is 1. The molecule has 0 radical (unpaired) electrons. The van der Waals surface area contributed by atoms with Crippen LogP contribution in [-0.4, -0.2) is 24.7 Å². The third kappa shape index (κ3) is 3.73. The summed E-state index contributed by atoms with van der Waals surface area (Å²) in [5, 5.41) is 13.8. The van der Waals surface area contributed by atoms with Gasteiger partial charge >= 0.3 is 0 Å². The second kappa shape index (κ2) is 8.38. The summed E-state index contributed by atoms with van der Waals surface area (Å²) in [6.45, 7) is 5.52. The van der Waals surface area contributed by atoms with Crippen LogP contribution in [0.4, 0.5) is 0 Å². The van der Waals surface area contributed by atoms with Crippen LogP contribution in [0.25, 0.3) is 11.1 Å². The van der Waals surface area contributed by atoms with E-state index < -0.39 is 0 Å². The maximum Gasteiger partial charge on any atom is 0.115 e. The smallest absolute Gasteiger partial charge is 0.115 e. The van der Waals surface area contributed by atoms with E-state index in [4.69, 9.17) is 5.73 Å². The van der Waals surface area contributed by atoms with E-state index in [2.05, 4.69) is 42.3 Å². The van der Waals surface area contributed by atoms with Gasteiger partial charge in [0.05, 0.1) is 6.54 Å². The molecule has 0 saturated heterocycles. The molecular formula is C20H24N2O. The zero-order valence-electron chi connectivity index (χ0n) is 13.8. The zero-order chi connectivity index (χ0) is 16.7. The van der Waals surface area contributed by atoms with E-state index >= 15 is 0 Å². The minimum Gasteiger partial charge on any atom is -0.510 e. The molecule has 0 spiro atoms. The van der Waals surface area contributed by atoms with Crippen molar-refractivity contribution in [2.24, 2.45) is 5.73 Å². The number of rotatable bonds is 6. The van der Waals surface area contributed by atoms with E-state index in [1.807, 2.05) is 25.1 Å². The van der Waals surface area contributed by atoms with Crippen LogP contribution in [0.5, 0.6) is 0 Å². The Bertz CT molecular complexity index is 715. The molecule has 0 aromatic heterocycles. The lowest BCUT2D eigenvalue weighted by molar-refractivity contribution is 0.393. The Balaban J connectivity index is 2.58. The molecule has 0 fully saturated rings. The van der Waals surface area contributed by atoms with E-state index in [0.29, 0.717) is 25.4 Å². The second-order valence-electron chi connectivity index (χ2n) is 5.31. The molecule has 3 heteroatoms. The molecule has 0 unspecified atom stereocenters. The van der Waals surface area contributed by atoms with Crippen LogP contribution in [0.2, 0.25) is 0 Å². The van der Waals surface area contributed by atoms with Crippen molar-refractivity contribution in [1.29, 1.82) is 0 Å².